The van der Waals surface area contributed by atoms with Gasteiger partial charge >= 0.3 is 5.97 Å². The zero-order valence-electron chi connectivity index (χ0n) is 16.9. The first kappa shape index (κ1) is 20.1. The SMILES string of the molecule is COc1ccccc1CC(=O)N1CC2C(=O)CCC(c3ccccc3)C2(C(=O)O)C1. The van der Waals surface area contributed by atoms with Crippen LogP contribution in [-0.4, -0.2) is 47.9 Å². The van der Waals surface area contributed by atoms with Gasteiger partial charge in [0.15, 0.2) is 0 Å². The molecule has 30 heavy (non-hydrogen) atoms. The van der Waals surface area contributed by atoms with Crippen LogP contribution >= 0.6 is 0 Å². The lowest BCUT2D eigenvalue weighted by Crippen LogP contribution is -2.50. The molecule has 1 N–H and O–H groups in total. The van der Waals surface area contributed by atoms with Gasteiger partial charge in [-0.15, -0.1) is 0 Å². The van der Waals surface area contributed by atoms with E-state index in [1.165, 1.54) is 0 Å². The van der Waals surface area contributed by atoms with E-state index in [1.807, 2.05) is 48.5 Å². The number of amides is 1. The summed E-state index contributed by atoms with van der Waals surface area (Å²) < 4.78 is 5.33. The van der Waals surface area contributed by atoms with Crippen LogP contribution in [0.1, 0.15) is 29.9 Å². The highest BCUT2D eigenvalue weighted by atomic mass is 16.5. The molecule has 6 heteroatoms. The molecule has 0 aromatic heterocycles. The number of carboxylic acid groups (broad SMARTS) is 1. The topological polar surface area (TPSA) is 83.9 Å². The second-order valence-electron chi connectivity index (χ2n) is 8.13. The molecule has 0 radical (unpaired) electrons. The van der Waals surface area contributed by atoms with Crippen LogP contribution in [0.4, 0.5) is 0 Å². The molecule has 1 saturated heterocycles. The van der Waals surface area contributed by atoms with Crippen molar-refractivity contribution >= 4 is 17.7 Å². The van der Waals surface area contributed by atoms with Crippen molar-refractivity contribution in [3.8, 4) is 5.75 Å². The first-order chi connectivity index (χ1) is 14.5. The summed E-state index contributed by atoms with van der Waals surface area (Å²) in [5.74, 6) is -1.61. The maximum atomic E-state index is 13.1. The predicted octanol–water partition coefficient (Wildman–Crippen LogP) is 2.91. The molecule has 2 aromatic rings. The molecule has 1 aliphatic carbocycles. The fourth-order valence-corrected chi connectivity index (χ4v) is 5.16. The van der Waals surface area contributed by atoms with Gasteiger partial charge in [-0.1, -0.05) is 48.5 Å². The monoisotopic (exact) mass is 407 g/mol. The van der Waals surface area contributed by atoms with Crippen molar-refractivity contribution in [3.63, 3.8) is 0 Å². The highest BCUT2D eigenvalue weighted by Gasteiger charge is 2.62. The summed E-state index contributed by atoms with van der Waals surface area (Å²) in [4.78, 5) is 40.0. The predicted molar refractivity (Wildman–Crippen MR) is 110 cm³/mol. The Balaban J connectivity index is 1.66. The maximum absolute atomic E-state index is 13.1. The minimum absolute atomic E-state index is 0.0479. The summed E-state index contributed by atoms with van der Waals surface area (Å²) in [7, 11) is 1.55. The third-order valence-electron chi connectivity index (χ3n) is 6.65. The summed E-state index contributed by atoms with van der Waals surface area (Å²) >= 11 is 0. The highest BCUT2D eigenvalue weighted by Crippen LogP contribution is 2.53. The molecular weight excluding hydrogens is 382 g/mol. The summed E-state index contributed by atoms with van der Waals surface area (Å²) in [6.07, 6.45) is 0.935. The van der Waals surface area contributed by atoms with E-state index in [4.69, 9.17) is 4.74 Å². The number of aliphatic carboxylic acids is 1. The van der Waals surface area contributed by atoms with Crippen LogP contribution in [0.5, 0.6) is 5.75 Å². The molecule has 1 heterocycles. The third kappa shape index (κ3) is 3.26. The number of benzene rings is 2. The van der Waals surface area contributed by atoms with Crippen LogP contribution in [0.3, 0.4) is 0 Å². The molecule has 0 spiro atoms. The highest BCUT2D eigenvalue weighted by molar-refractivity contribution is 5.94. The van der Waals surface area contributed by atoms with E-state index in [9.17, 15) is 19.5 Å². The molecule has 1 aliphatic heterocycles. The van der Waals surface area contributed by atoms with Gasteiger partial charge < -0.3 is 14.7 Å². The normalized spacial score (nSPS) is 25.6. The van der Waals surface area contributed by atoms with E-state index in [0.29, 0.717) is 18.6 Å². The fraction of sp³-hybridized carbons (Fsp3) is 0.375. The Bertz CT molecular complexity index is 973. The number of carboxylic acids is 1. The lowest BCUT2D eigenvalue weighted by molar-refractivity contribution is -0.158. The maximum Gasteiger partial charge on any atom is 0.312 e. The van der Waals surface area contributed by atoms with Crippen LogP contribution < -0.4 is 4.74 Å². The average Bonchev–Trinajstić information content (AvgIpc) is 3.18. The molecule has 0 bridgehead atoms. The Kier molecular flexibility index (Phi) is 5.33. The molecule has 1 amide bonds. The van der Waals surface area contributed by atoms with Crippen molar-refractivity contribution in [2.75, 3.05) is 20.2 Å². The van der Waals surface area contributed by atoms with Crippen LogP contribution in [0.25, 0.3) is 0 Å². The number of carbonyl (C=O) groups is 3. The number of ketones is 1. The van der Waals surface area contributed by atoms with Gasteiger partial charge in [-0.25, -0.2) is 0 Å². The lowest BCUT2D eigenvalue weighted by atomic mass is 9.59. The van der Waals surface area contributed by atoms with Gasteiger partial charge in [0.05, 0.1) is 19.4 Å². The number of likely N-dealkylation sites (tertiary alicyclic amines) is 1. The van der Waals surface area contributed by atoms with Crippen molar-refractivity contribution in [1.82, 2.24) is 4.90 Å². The molecule has 4 rings (SSSR count). The van der Waals surface area contributed by atoms with Crippen LogP contribution in [0, 0.1) is 11.3 Å². The molecule has 2 aliphatic rings. The first-order valence-electron chi connectivity index (χ1n) is 10.2. The number of fused-ring (bicyclic) bond motifs is 1. The van der Waals surface area contributed by atoms with Crippen LogP contribution in [0.2, 0.25) is 0 Å². The second kappa shape index (κ2) is 7.94. The number of para-hydroxylation sites is 1. The van der Waals surface area contributed by atoms with Crippen molar-refractivity contribution in [2.24, 2.45) is 11.3 Å². The summed E-state index contributed by atoms with van der Waals surface area (Å²) in [5, 5.41) is 10.3. The molecule has 2 aromatic carbocycles. The van der Waals surface area contributed by atoms with E-state index in [2.05, 4.69) is 0 Å². The Morgan fingerprint density at radius 2 is 1.80 bits per heavy atom. The molecule has 1 saturated carbocycles. The summed E-state index contributed by atoms with van der Waals surface area (Å²) in [6.45, 7) is 0.203. The largest absolute Gasteiger partial charge is 0.496 e. The second-order valence-corrected chi connectivity index (χ2v) is 8.13. The first-order valence-corrected chi connectivity index (χ1v) is 10.2. The molecule has 2 fully saturated rings. The van der Waals surface area contributed by atoms with Gasteiger partial charge in [-0.3, -0.25) is 14.4 Å². The number of hydrogen-bond donors (Lipinski definition) is 1. The van der Waals surface area contributed by atoms with Crippen molar-refractivity contribution in [2.45, 2.75) is 25.2 Å². The molecule has 156 valence electrons. The van der Waals surface area contributed by atoms with Gasteiger partial charge in [0.25, 0.3) is 0 Å². The zero-order chi connectivity index (χ0) is 21.3. The van der Waals surface area contributed by atoms with E-state index < -0.39 is 17.3 Å². The van der Waals surface area contributed by atoms with Gasteiger partial charge in [0.1, 0.15) is 16.9 Å². The number of methoxy groups -OCH3 is 1. The smallest absolute Gasteiger partial charge is 0.312 e. The zero-order valence-corrected chi connectivity index (χ0v) is 16.9. The molecule has 3 atom stereocenters. The van der Waals surface area contributed by atoms with Crippen molar-refractivity contribution < 1.29 is 24.2 Å². The number of nitrogens with zero attached hydrogens (tertiary/aromatic N) is 1. The van der Waals surface area contributed by atoms with Crippen LogP contribution in [0.15, 0.2) is 54.6 Å². The number of carbonyl (C=O) groups excluding carboxylic acids is 2. The van der Waals surface area contributed by atoms with Gasteiger partial charge in [-0.05, 0) is 18.1 Å². The average molecular weight is 407 g/mol. The third-order valence-corrected chi connectivity index (χ3v) is 6.65. The number of ether oxygens (including phenoxy) is 1. The Morgan fingerprint density at radius 3 is 2.50 bits per heavy atom. The minimum atomic E-state index is -1.28. The molecule has 3 unspecified atom stereocenters. The van der Waals surface area contributed by atoms with E-state index >= 15 is 0 Å². The fourth-order valence-electron chi connectivity index (χ4n) is 5.16. The van der Waals surface area contributed by atoms with Gasteiger partial charge in [0.2, 0.25) is 5.91 Å². The molecule has 6 nitrogen and oxygen atoms in total. The number of rotatable bonds is 5. The lowest BCUT2D eigenvalue weighted by Gasteiger charge is -2.41. The van der Waals surface area contributed by atoms with E-state index in [0.717, 1.165) is 11.1 Å². The van der Waals surface area contributed by atoms with Crippen molar-refractivity contribution in [3.05, 3.63) is 65.7 Å². The number of Topliss-reactive ketones (excluding diaryl/α,β-unsaturated/α-hetero) is 1. The van der Waals surface area contributed by atoms with Crippen LogP contribution in [-0.2, 0) is 20.8 Å². The Morgan fingerprint density at radius 1 is 1.10 bits per heavy atom. The van der Waals surface area contributed by atoms with Gasteiger partial charge in [-0.2, -0.15) is 0 Å². The summed E-state index contributed by atoms with van der Waals surface area (Å²) in [5.41, 5.74) is 0.374. The molecular formula is C24H25NO5. The van der Waals surface area contributed by atoms with Crippen molar-refractivity contribution in [1.29, 1.82) is 0 Å². The van der Waals surface area contributed by atoms with Gasteiger partial charge in [0, 0.05) is 31.0 Å². The standard InChI is InChI=1S/C24H25NO5/c1-30-21-10-6-5-9-17(21)13-22(27)25-14-19-20(26)12-11-18(16-7-3-2-4-8-16)24(19,15-25)23(28)29/h2-10,18-19H,11-15H2,1H3,(H,28,29). The minimum Gasteiger partial charge on any atom is -0.496 e. The Hall–Kier alpha value is -3.15. The number of hydrogen-bond acceptors (Lipinski definition) is 4. The quantitative estimate of drug-likeness (QED) is 0.824. The van der Waals surface area contributed by atoms with E-state index in [-0.39, 0.29) is 37.1 Å². The Labute approximate surface area is 175 Å². The summed E-state index contributed by atoms with van der Waals surface area (Å²) in [6, 6.07) is 16.8. The van der Waals surface area contributed by atoms with E-state index in [1.54, 1.807) is 18.1 Å².